The fraction of sp³-hybridized carbons (Fsp3) is 0.136. The SMILES string of the molecule is NC(=O)C1CC(C(=O)Nc2ncccc2OCc2ccncc2)=NN1c1ccc(F)cc1. The van der Waals surface area contributed by atoms with E-state index in [2.05, 4.69) is 20.4 Å². The second-order valence-corrected chi connectivity index (χ2v) is 6.94. The number of nitrogens with one attached hydrogen (secondary N) is 1. The van der Waals surface area contributed by atoms with Crippen LogP contribution in [0.5, 0.6) is 5.75 Å². The fourth-order valence-electron chi connectivity index (χ4n) is 3.12. The van der Waals surface area contributed by atoms with Crippen LogP contribution < -0.4 is 20.8 Å². The van der Waals surface area contributed by atoms with E-state index >= 15 is 0 Å². The van der Waals surface area contributed by atoms with Crippen molar-refractivity contribution in [3.8, 4) is 5.75 Å². The van der Waals surface area contributed by atoms with Crippen LogP contribution in [-0.2, 0) is 16.2 Å². The van der Waals surface area contributed by atoms with Crippen LogP contribution in [0.15, 0.2) is 72.2 Å². The Morgan fingerprint density at radius 1 is 1.12 bits per heavy atom. The first-order valence-electron chi connectivity index (χ1n) is 9.71. The molecule has 2 aromatic heterocycles. The maximum Gasteiger partial charge on any atom is 0.273 e. The highest BCUT2D eigenvalue weighted by molar-refractivity contribution is 6.44. The number of pyridine rings is 2. The summed E-state index contributed by atoms with van der Waals surface area (Å²) in [7, 11) is 0. The second-order valence-electron chi connectivity index (χ2n) is 6.94. The molecule has 0 saturated heterocycles. The molecular formula is C22H19FN6O3. The Bertz CT molecular complexity index is 1150. The lowest BCUT2D eigenvalue weighted by Gasteiger charge is -2.20. The smallest absolute Gasteiger partial charge is 0.273 e. The van der Waals surface area contributed by atoms with Crippen LogP contribution in [0.4, 0.5) is 15.9 Å². The summed E-state index contributed by atoms with van der Waals surface area (Å²) in [6, 6.07) is 11.5. The highest BCUT2D eigenvalue weighted by Crippen LogP contribution is 2.26. The number of rotatable bonds is 7. The number of hydrogen-bond acceptors (Lipinski definition) is 7. The van der Waals surface area contributed by atoms with Gasteiger partial charge in [-0.25, -0.2) is 9.37 Å². The summed E-state index contributed by atoms with van der Waals surface area (Å²) < 4.78 is 19.0. The molecule has 0 aliphatic carbocycles. The van der Waals surface area contributed by atoms with E-state index < -0.39 is 23.7 Å². The van der Waals surface area contributed by atoms with Gasteiger partial charge in [0.1, 0.15) is 24.2 Å². The number of anilines is 2. The molecule has 4 rings (SSSR count). The third kappa shape index (κ3) is 4.69. The van der Waals surface area contributed by atoms with E-state index in [4.69, 9.17) is 10.5 Å². The Morgan fingerprint density at radius 2 is 1.88 bits per heavy atom. The molecule has 1 unspecified atom stereocenters. The highest BCUT2D eigenvalue weighted by atomic mass is 19.1. The summed E-state index contributed by atoms with van der Waals surface area (Å²) >= 11 is 0. The molecule has 0 bridgehead atoms. The van der Waals surface area contributed by atoms with Gasteiger partial charge in [0.2, 0.25) is 5.91 Å². The number of nitrogens with zero attached hydrogens (tertiary/aromatic N) is 4. The zero-order chi connectivity index (χ0) is 22.5. The molecule has 162 valence electrons. The molecule has 1 aliphatic rings. The number of benzene rings is 1. The Kier molecular flexibility index (Phi) is 6.02. The van der Waals surface area contributed by atoms with Crippen molar-refractivity contribution >= 4 is 29.0 Å². The van der Waals surface area contributed by atoms with Crippen molar-refractivity contribution in [1.29, 1.82) is 0 Å². The first-order chi connectivity index (χ1) is 15.5. The first-order valence-corrected chi connectivity index (χ1v) is 9.71. The summed E-state index contributed by atoms with van der Waals surface area (Å²) in [5, 5.41) is 8.24. The van der Waals surface area contributed by atoms with Crippen molar-refractivity contribution in [2.24, 2.45) is 10.8 Å². The zero-order valence-electron chi connectivity index (χ0n) is 16.8. The first kappa shape index (κ1) is 20.9. The molecule has 3 aromatic rings. The van der Waals surface area contributed by atoms with E-state index in [0.717, 1.165) is 5.56 Å². The van der Waals surface area contributed by atoms with E-state index in [1.54, 1.807) is 24.5 Å². The number of carbonyl (C=O) groups excluding carboxylic acids is 2. The minimum Gasteiger partial charge on any atom is -0.485 e. The Labute approximate surface area is 182 Å². The maximum absolute atomic E-state index is 13.3. The second kappa shape index (κ2) is 9.21. The van der Waals surface area contributed by atoms with Crippen LogP contribution in [0.25, 0.3) is 0 Å². The van der Waals surface area contributed by atoms with Gasteiger partial charge in [0, 0.05) is 25.0 Å². The van der Waals surface area contributed by atoms with Crippen LogP contribution in [0.1, 0.15) is 12.0 Å². The number of halogens is 1. The third-order valence-electron chi connectivity index (χ3n) is 4.74. The topological polar surface area (TPSA) is 123 Å². The van der Waals surface area contributed by atoms with Crippen molar-refractivity contribution < 1.29 is 18.7 Å². The molecule has 3 heterocycles. The third-order valence-corrected chi connectivity index (χ3v) is 4.74. The van der Waals surface area contributed by atoms with Gasteiger partial charge in [0.25, 0.3) is 5.91 Å². The molecular weight excluding hydrogens is 415 g/mol. The van der Waals surface area contributed by atoms with E-state index in [1.807, 2.05) is 12.1 Å². The number of aromatic nitrogens is 2. The van der Waals surface area contributed by atoms with Crippen LogP contribution >= 0.6 is 0 Å². The zero-order valence-corrected chi connectivity index (χ0v) is 16.8. The van der Waals surface area contributed by atoms with Gasteiger partial charge in [-0.2, -0.15) is 5.10 Å². The quantitative estimate of drug-likeness (QED) is 0.588. The molecule has 0 fully saturated rings. The van der Waals surface area contributed by atoms with Gasteiger partial charge in [-0.3, -0.25) is 19.6 Å². The summed E-state index contributed by atoms with van der Waals surface area (Å²) in [6.07, 6.45) is 4.83. The molecule has 3 N–H and O–H groups in total. The minimum atomic E-state index is -0.868. The number of nitrogens with two attached hydrogens (primary N) is 1. The van der Waals surface area contributed by atoms with Crippen molar-refractivity contribution in [2.75, 3.05) is 10.3 Å². The number of hydrazone groups is 1. The molecule has 32 heavy (non-hydrogen) atoms. The van der Waals surface area contributed by atoms with Gasteiger partial charge in [-0.05, 0) is 54.1 Å². The molecule has 2 amide bonds. The lowest BCUT2D eigenvalue weighted by atomic mass is 10.1. The summed E-state index contributed by atoms with van der Waals surface area (Å²) in [6.45, 7) is 0.264. The van der Waals surface area contributed by atoms with Crippen molar-refractivity contribution in [3.63, 3.8) is 0 Å². The number of amides is 2. The predicted molar refractivity (Wildman–Crippen MR) is 115 cm³/mol. The van der Waals surface area contributed by atoms with Crippen LogP contribution in [-0.4, -0.2) is 33.5 Å². The van der Waals surface area contributed by atoms with Crippen molar-refractivity contribution in [2.45, 2.75) is 19.1 Å². The number of carbonyl (C=O) groups is 2. The average molecular weight is 434 g/mol. The molecule has 0 saturated carbocycles. The van der Waals surface area contributed by atoms with Gasteiger partial charge < -0.3 is 15.8 Å². The standard InChI is InChI=1S/C22H19FN6O3/c23-15-3-5-16(6-4-15)29-18(20(24)30)12-17(28-29)22(31)27-21-19(2-1-9-26-21)32-13-14-7-10-25-11-8-14/h1-11,18H,12-13H2,(H2,24,30)(H,26,27,31). The Morgan fingerprint density at radius 3 is 2.59 bits per heavy atom. The van der Waals surface area contributed by atoms with Gasteiger partial charge in [-0.1, -0.05) is 0 Å². The minimum absolute atomic E-state index is 0.00141. The Hall–Kier alpha value is -4.34. The summed E-state index contributed by atoms with van der Waals surface area (Å²) in [5.74, 6) is -1.04. The molecule has 9 nitrogen and oxygen atoms in total. The lowest BCUT2D eigenvalue weighted by molar-refractivity contribution is -0.119. The average Bonchev–Trinajstić information content (AvgIpc) is 3.26. The van der Waals surface area contributed by atoms with Gasteiger partial charge in [-0.15, -0.1) is 0 Å². The number of hydrogen-bond donors (Lipinski definition) is 2. The molecule has 10 heteroatoms. The molecule has 0 spiro atoms. The van der Waals surface area contributed by atoms with E-state index in [-0.39, 0.29) is 24.6 Å². The van der Waals surface area contributed by atoms with E-state index in [9.17, 15) is 14.0 Å². The maximum atomic E-state index is 13.3. The van der Waals surface area contributed by atoms with Crippen LogP contribution in [0.2, 0.25) is 0 Å². The summed E-state index contributed by atoms with van der Waals surface area (Å²) in [5.41, 5.74) is 6.92. The van der Waals surface area contributed by atoms with Gasteiger partial charge in [0.15, 0.2) is 11.6 Å². The highest BCUT2D eigenvalue weighted by Gasteiger charge is 2.35. The van der Waals surface area contributed by atoms with Crippen LogP contribution in [0.3, 0.4) is 0 Å². The number of primary amides is 1. The van der Waals surface area contributed by atoms with Crippen molar-refractivity contribution in [3.05, 3.63) is 78.5 Å². The van der Waals surface area contributed by atoms with Gasteiger partial charge >= 0.3 is 0 Å². The molecule has 1 aromatic carbocycles. The Balaban J connectivity index is 1.50. The van der Waals surface area contributed by atoms with E-state index in [0.29, 0.717) is 11.4 Å². The van der Waals surface area contributed by atoms with E-state index in [1.165, 1.54) is 35.5 Å². The fourth-order valence-corrected chi connectivity index (χ4v) is 3.12. The number of ether oxygens (including phenoxy) is 1. The molecule has 0 radical (unpaired) electrons. The van der Waals surface area contributed by atoms with Gasteiger partial charge in [0.05, 0.1) is 5.69 Å². The monoisotopic (exact) mass is 434 g/mol. The summed E-state index contributed by atoms with van der Waals surface area (Å²) in [4.78, 5) is 32.9. The molecule has 1 aliphatic heterocycles. The van der Waals surface area contributed by atoms with Crippen LogP contribution in [0, 0.1) is 5.82 Å². The van der Waals surface area contributed by atoms with Crippen molar-refractivity contribution in [1.82, 2.24) is 9.97 Å². The lowest BCUT2D eigenvalue weighted by Crippen LogP contribution is -2.39. The molecule has 1 atom stereocenters. The largest absolute Gasteiger partial charge is 0.485 e. The normalized spacial score (nSPS) is 15.2. The predicted octanol–water partition coefficient (Wildman–Crippen LogP) is 2.25.